The summed E-state index contributed by atoms with van der Waals surface area (Å²) in [6.45, 7) is 3.62. The van der Waals surface area contributed by atoms with Gasteiger partial charge in [-0.05, 0) is 17.7 Å². The van der Waals surface area contributed by atoms with Gasteiger partial charge < -0.3 is 4.90 Å². The first-order chi connectivity index (χ1) is 7.97. The Bertz CT molecular complexity index is 451. The van der Waals surface area contributed by atoms with Crippen LogP contribution in [-0.4, -0.2) is 17.9 Å². The Morgan fingerprint density at radius 3 is 2.59 bits per heavy atom. The molecule has 0 radical (unpaired) electrons. The van der Waals surface area contributed by atoms with Gasteiger partial charge in [-0.3, -0.25) is 4.79 Å². The van der Waals surface area contributed by atoms with Crippen LogP contribution in [0.3, 0.4) is 0 Å². The minimum atomic E-state index is -0.594. The van der Waals surface area contributed by atoms with E-state index in [1.165, 1.54) is 4.90 Å². The lowest BCUT2D eigenvalue weighted by Gasteiger charge is -2.24. The van der Waals surface area contributed by atoms with E-state index in [2.05, 4.69) is 6.07 Å². The molecule has 0 spiro atoms. The molecule has 0 bridgehead atoms. The van der Waals surface area contributed by atoms with E-state index in [0.717, 1.165) is 5.56 Å². The van der Waals surface area contributed by atoms with Gasteiger partial charge in [0.1, 0.15) is 6.04 Å². The molecule has 90 valence electrons. The highest BCUT2D eigenvalue weighted by Crippen LogP contribution is 2.23. The van der Waals surface area contributed by atoms with E-state index in [0.29, 0.717) is 5.02 Å². The van der Waals surface area contributed by atoms with Crippen LogP contribution in [0.5, 0.6) is 0 Å². The van der Waals surface area contributed by atoms with Crippen LogP contribution in [0.1, 0.15) is 25.5 Å². The summed E-state index contributed by atoms with van der Waals surface area (Å²) in [5.74, 6) is -0.188. The van der Waals surface area contributed by atoms with Crippen LogP contribution >= 0.6 is 11.6 Å². The van der Waals surface area contributed by atoms with Crippen molar-refractivity contribution in [2.75, 3.05) is 7.05 Å². The number of nitrogens with zero attached hydrogens (tertiary/aromatic N) is 2. The Morgan fingerprint density at radius 1 is 1.47 bits per heavy atom. The standard InChI is InChI=1S/C13H15ClN2O/c1-9(2)13(17)16(3)12(8-15)10-5-4-6-11(14)7-10/h4-7,9,12H,1-3H3. The number of benzene rings is 1. The average Bonchev–Trinajstić information content (AvgIpc) is 2.28. The van der Waals surface area contributed by atoms with Crippen LogP contribution in [0.4, 0.5) is 0 Å². The molecule has 0 aromatic heterocycles. The van der Waals surface area contributed by atoms with Gasteiger partial charge in [0.15, 0.2) is 0 Å². The Labute approximate surface area is 107 Å². The van der Waals surface area contributed by atoms with Crippen molar-refractivity contribution >= 4 is 17.5 Å². The third kappa shape index (κ3) is 3.21. The zero-order valence-electron chi connectivity index (χ0n) is 10.1. The molecular weight excluding hydrogens is 236 g/mol. The summed E-state index contributed by atoms with van der Waals surface area (Å²) in [6.07, 6.45) is 0. The first kappa shape index (κ1) is 13.5. The number of nitriles is 1. The van der Waals surface area contributed by atoms with Crippen LogP contribution in [-0.2, 0) is 4.79 Å². The summed E-state index contributed by atoms with van der Waals surface area (Å²) in [7, 11) is 1.64. The van der Waals surface area contributed by atoms with Crippen molar-refractivity contribution in [2.45, 2.75) is 19.9 Å². The molecule has 1 atom stereocenters. The molecule has 0 aliphatic heterocycles. The largest absolute Gasteiger partial charge is 0.326 e. The van der Waals surface area contributed by atoms with Gasteiger partial charge >= 0.3 is 0 Å². The second-order valence-electron chi connectivity index (χ2n) is 4.19. The third-order valence-electron chi connectivity index (χ3n) is 2.52. The maximum Gasteiger partial charge on any atom is 0.226 e. The molecule has 0 saturated heterocycles. The van der Waals surface area contributed by atoms with E-state index in [-0.39, 0.29) is 11.8 Å². The number of rotatable bonds is 3. The fraction of sp³-hybridized carbons (Fsp3) is 0.385. The van der Waals surface area contributed by atoms with E-state index >= 15 is 0 Å². The Kier molecular flexibility index (Phi) is 4.53. The van der Waals surface area contributed by atoms with Crippen molar-refractivity contribution in [1.82, 2.24) is 4.90 Å². The van der Waals surface area contributed by atoms with Crippen molar-refractivity contribution in [2.24, 2.45) is 5.92 Å². The lowest BCUT2D eigenvalue weighted by Crippen LogP contribution is -2.33. The van der Waals surface area contributed by atoms with Gasteiger partial charge in [-0.1, -0.05) is 37.6 Å². The molecule has 3 nitrogen and oxygen atoms in total. The Balaban J connectivity index is 3.01. The zero-order valence-corrected chi connectivity index (χ0v) is 10.9. The molecular formula is C13H15ClN2O. The number of carbonyl (C=O) groups is 1. The maximum atomic E-state index is 11.8. The zero-order chi connectivity index (χ0) is 13.0. The molecule has 0 aliphatic carbocycles. The number of carbonyl (C=O) groups excluding carboxylic acids is 1. The summed E-state index contributed by atoms with van der Waals surface area (Å²) in [4.78, 5) is 13.3. The normalized spacial score (nSPS) is 12.0. The molecule has 17 heavy (non-hydrogen) atoms. The molecule has 1 rings (SSSR count). The third-order valence-corrected chi connectivity index (χ3v) is 2.75. The van der Waals surface area contributed by atoms with Crippen LogP contribution in [0.2, 0.25) is 5.02 Å². The summed E-state index contributed by atoms with van der Waals surface area (Å²) >= 11 is 5.88. The quantitative estimate of drug-likeness (QED) is 0.828. The van der Waals surface area contributed by atoms with E-state index < -0.39 is 6.04 Å². The molecule has 1 aromatic carbocycles. The highest BCUT2D eigenvalue weighted by atomic mass is 35.5. The average molecular weight is 251 g/mol. The van der Waals surface area contributed by atoms with E-state index in [4.69, 9.17) is 11.6 Å². The summed E-state index contributed by atoms with van der Waals surface area (Å²) in [5, 5.41) is 9.75. The van der Waals surface area contributed by atoms with Crippen molar-refractivity contribution in [3.05, 3.63) is 34.9 Å². The summed E-state index contributed by atoms with van der Waals surface area (Å²) in [5.41, 5.74) is 0.733. The summed E-state index contributed by atoms with van der Waals surface area (Å²) in [6, 6.07) is 8.55. The molecule has 0 heterocycles. The van der Waals surface area contributed by atoms with E-state index in [1.54, 1.807) is 31.3 Å². The Morgan fingerprint density at radius 2 is 2.12 bits per heavy atom. The SMILES string of the molecule is CC(C)C(=O)N(C)C(C#N)c1cccc(Cl)c1. The molecule has 4 heteroatoms. The second kappa shape index (κ2) is 5.70. The smallest absolute Gasteiger partial charge is 0.226 e. The van der Waals surface area contributed by atoms with Crippen LogP contribution in [0.25, 0.3) is 0 Å². The minimum Gasteiger partial charge on any atom is -0.326 e. The van der Waals surface area contributed by atoms with Gasteiger partial charge in [0.2, 0.25) is 5.91 Å². The van der Waals surface area contributed by atoms with Gasteiger partial charge in [0, 0.05) is 18.0 Å². The lowest BCUT2D eigenvalue weighted by molar-refractivity contribution is -0.134. The predicted octanol–water partition coefficient (Wildman–Crippen LogP) is 3.02. The first-order valence-electron chi connectivity index (χ1n) is 5.39. The van der Waals surface area contributed by atoms with Gasteiger partial charge in [0.05, 0.1) is 6.07 Å². The Hall–Kier alpha value is -1.53. The van der Waals surface area contributed by atoms with E-state index in [9.17, 15) is 10.1 Å². The van der Waals surface area contributed by atoms with Crippen molar-refractivity contribution in [3.63, 3.8) is 0 Å². The highest BCUT2D eigenvalue weighted by Gasteiger charge is 2.23. The fourth-order valence-corrected chi connectivity index (χ4v) is 1.79. The lowest BCUT2D eigenvalue weighted by atomic mass is 10.1. The van der Waals surface area contributed by atoms with Crippen LogP contribution in [0.15, 0.2) is 24.3 Å². The minimum absolute atomic E-state index is 0.0588. The molecule has 1 amide bonds. The first-order valence-corrected chi connectivity index (χ1v) is 5.77. The fourth-order valence-electron chi connectivity index (χ4n) is 1.60. The number of halogens is 1. The van der Waals surface area contributed by atoms with Crippen LogP contribution in [0, 0.1) is 17.2 Å². The molecule has 0 saturated carbocycles. The maximum absolute atomic E-state index is 11.8. The van der Waals surface area contributed by atoms with Crippen molar-refractivity contribution in [1.29, 1.82) is 5.26 Å². The van der Waals surface area contributed by atoms with Gasteiger partial charge in [-0.2, -0.15) is 5.26 Å². The molecule has 0 fully saturated rings. The number of hydrogen-bond acceptors (Lipinski definition) is 2. The number of amides is 1. The highest BCUT2D eigenvalue weighted by molar-refractivity contribution is 6.30. The van der Waals surface area contributed by atoms with Crippen molar-refractivity contribution in [3.8, 4) is 6.07 Å². The summed E-state index contributed by atoms with van der Waals surface area (Å²) < 4.78 is 0. The second-order valence-corrected chi connectivity index (χ2v) is 4.63. The van der Waals surface area contributed by atoms with Crippen molar-refractivity contribution < 1.29 is 4.79 Å². The van der Waals surface area contributed by atoms with E-state index in [1.807, 2.05) is 13.8 Å². The molecule has 0 N–H and O–H groups in total. The number of hydrogen-bond donors (Lipinski definition) is 0. The molecule has 1 unspecified atom stereocenters. The molecule has 1 aromatic rings. The monoisotopic (exact) mass is 250 g/mol. The van der Waals surface area contributed by atoms with Gasteiger partial charge in [0.25, 0.3) is 0 Å². The molecule has 0 aliphatic rings. The van der Waals surface area contributed by atoms with Gasteiger partial charge in [-0.25, -0.2) is 0 Å². The topological polar surface area (TPSA) is 44.1 Å². The van der Waals surface area contributed by atoms with Crippen LogP contribution < -0.4 is 0 Å². The predicted molar refractivity (Wildman–Crippen MR) is 67.4 cm³/mol. The van der Waals surface area contributed by atoms with Gasteiger partial charge in [-0.15, -0.1) is 0 Å².